The van der Waals surface area contributed by atoms with Crippen LogP contribution in [0.2, 0.25) is 0 Å². The van der Waals surface area contributed by atoms with Gasteiger partial charge in [0.1, 0.15) is 0 Å². The van der Waals surface area contributed by atoms with E-state index in [0.717, 1.165) is 28.1 Å². The van der Waals surface area contributed by atoms with Crippen LogP contribution < -0.4 is 0 Å². The van der Waals surface area contributed by atoms with Crippen LogP contribution in [-0.2, 0) is 18.3 Å². The molecule has 0 spiro atoms. The number of carboxylic acids is 1. The third-order valence-electron chi connectivity index (χ3n) is 3.04. The molecule has 0 amide bonds. The van der Waals surface area contributed by atoms with E-state index in [1.165, 1.54) is 0 Å². The van der Waals surface area contributed by atoms with E-state index in [2.05, 4.69) is 11.2 Å². The molecule has 1 heterocycles. The Morgan fingerprint density at radius 2 is 2.11 bits per heavy atom. The summed E-state index contributed by atoms with van der Waals surface area (Å²) in [5.74, 6) is -0.836. The van der Waals surface area contributed by atoms with Gasteiger partial charge in [0.2, 0.25) is 0 Å². The molecule has 1 N–H and O–H groups in total. The second-order valence-electron chi connectivity index (χ2n) is 4.48. The molecule has 0 saturated carbocycles. The highest BCUT2D eigenvalue weighted by Crippen LogP contribution is 2.25. The Morgan fingerprint density at radius 3 is 2.72 bits per heavy atom. The van der Waals surface area contributed by atoms with Crippen molar-refractivity contribution in [2.24, 2.45) is 7.05 Å². The molecule has 18 heavy (non-hydrogen) atoms. The first kappa shape index (κ1) is 12.4. The van der Waals surface area contributed by atoms with Gasteiger partial charge in [0, 0.05) is 12.6 Å². The number of hydrogen-bond donors (Lipinski definition) is 1. The Bertz CT molecular complexity index is 600. The predicted molar refractivity (Wildman–Crippen MR) is 69.5 cm³/mol. The second-order valence-corrected chi connectivity index (χ2v) is 4.48. The zero-order valence-corrected chi connectivity index (χ0v) is 10.8. The van der Waals surface area contributed by atoms with Crippen molar-refractivity contribution in [3.63, 3.8) is 0 Å². The van der Waals surface area contributed by atoms with Gasteiger partial charge in [0.25, 0.3) is 0 Å². The number of benzene rings is 1. The molecule has 94 valence electrons. The zero-order valence-electron chi connectivity index (χ0n) is 10.8. The maximum atomic E-state index is 10.8. The van der Waals surface area contributed by atoms with E-state index in [-0.39, 0.29) is 6.42 Å². The van der Waals surface area contributed by atoms with Crippen LogP contribution in [0.4, 0.5) is 0 Å². The molecule has 0 bridgehead atoms. The summed E-state index contributed by atoms with van der Waals surface area (Å²) in [6.07, 6.45) is 0.00114. The molecule has 1 aromatic heterocycles. The lowest BCUT2D eigenvalue weighted by Crippen LogP contribution is -2.06. The fraction of sp³-hybridized carbons (Fsp3) is 0.286. The molecule has 4 heteroatoms. The molecular weight excluding hydrogens is 228 g/mol. The first-order valence-electron chi connectivity index (χ1n) is 5.80. The highest BCUT2D eigenvalue weighted by atomic mass is 16.4. The van der Waals surface area contributed by atoms with Gasteiger partial charge in [-0.1, -0.05) is 23.8 Å². The van der Waals surface area contributed by atoms with E-state index >= 15 is 0 Å². The number of carboxylic acid groups (broad SMARTS) is 1. The van der Waals surface area contributed by atoms with Gasteiger partial charge < -0.3 is 5.11 Å². The third kappa shape index (κ3) is 2.27. The monoisotopic (exact) mass is 244 g/mol. The molecule has 0 aliphatic heterocycles. The summed E-state index contributed by atoms with van der Waals surface area (Å²) in [5.41, 5.74) is 4.74. The van der Waals surface area contributed by atoms with Gasteiger partial charge in [-0.3, -0.25) is 9.48 Å². The molecule has 0 aliphatic rings. The van der Waals surface area contributed by atoms with Crippen LogP contribution in [0.1, 0.15) is 16.8 Å². The summed E-state index contributed by atoms with van der Waals surface area (Å²) >= 11 is 0. The molecule has 0 saturated heterocycles. The van der Waals surface area contributed by atoms with Crippen molar-refractivity contribution in [2.75, 3.05) is 0 Å². The van der Waals surface area contributed by atoms with Crippen molar-refractivity contribution in [3.8, 4) is 11.3 Å². The topological polar surface area (TPSA) is 55.1 Å². The third-order valence-corrected chi connectivity index (χ3v) is 3.04. The molecule has 0 unspecified atom stereocenters. The van der Waals surface area contributed by atoms with Crippen molar-refractivity contribution in [1.82, 2.24) is 9.78 Å². The average Bonchev–Trinajstić information content (AvgIpc) is 2.56. The van der Waals surface area contributed by atoms with E-state index in [1.807, 2.05) is 32.0 Å². The SMILES string of the molecule is Cc1cccc(-c2nn(C)c(CC(=O)O)c2C)c1. The largest absolute Gasteiger partial charge is 0.481 e. The van der Waals surface area contributed by atoms with Gasteiger partial charge in [-0.25, -0.2) is 0 Å². The number of nitrogens with zero attached hydrogens (tertiary/aromatic N) is 2. The summed E-state index contributed by atoms with van der Waals surface area (Å²) in [7, 11) is 1.78. The molecule has 0 aliphatic carbocycles. The maximum absolute atomic E-state index is 10.8. The first-order chi connectivity index (χ1) is 8.49. The quantitative estimate of drug-likeness (QED) is 0.901. The number of aryl methyl sites for hydroxylation is 2. The minimum Gasteiger partial charge on any atom is -0.481 e. The van der Waals surface area contributed by atoms with Crippen LogP contribution in [0.25, 0.3) is 11.3 Å². The van der Waals surface area contributed by atoms with Crippen molar-refractivity contribution in [2.45, 2.75) is 20.3 Å². The Kier molecular flexibility index (Phi) is 3.19. The lowest BCUT2D eigenvalue weighted by Gasteiger charge is -2.00. The molecule has 0 radical (unpaired) electrons. The summed E-state index contributed by atoms with van der Waals surface area (Å²) in [6.45, 7) is 3.95. The standard InChI is InChI=1S/C14H16N2O2/c1-9-5-4-6-11(7-9)14-10(2)12(8-13(17)18)16(3)15-14/h4-7H,8H2,1-3H3,(H,17,18). The van der Waals surface area contributed by atoms with Crippen LogP contribution >= 0.6 is 0 Å². The molecule has 4 nitrogen and oxygen atoms in total. The number of carbonyl (C=O) groups is 1. The lowest BCUT2D eigenvalue weighted by molar-refractivity contribution is -0.136. The lowest BCUT2D eigenvalue weighted by atomic mass is 10.0. The first-order valence-corrected chi connectivity index (χ1v) is 5.80. The summed E-state index contributed by atoms with van der Waals surface area (Å²) in [4.78, 5) is 10.8. The zero-order chi connectivity index (χ0) is 13.3. The molecule has 2 rings (SSSR count). The van der Waals surface area contributed by atoms with Gasteiger partial charge in [-0.05, 0) is 25.5 Å². The fourth-order valence-electron chi connectivity index (χ4n) is 2.12. The van der Waals surface area contributed by atoms with E-state index in [4.69, 9.17) is 5.11 Å². The Morgan fingerprint density at radius 1 is 1.39 bits per heavy atom. The van der Waals surface area contributed by atoms with Gasteiger partial charge in [-0.2, -0.15) is 5.10 Å². The smallest absolute Gasteiger partial charge is 0.309 e. The number of aromatic nitrogens is 2. The van der Waals surface area contributed by atoms with Crippen LogP contribution in [0.15, 0.2) is 24.3 Å². The number of rotatable bonds is 3. The molecular formula is C14H16N2O2. The highest BCUT2D eigenvalue weighted by molar-refractivity contribution is 5.72. The minimum absolute atomic E-state index is 0.00114. The van der Waals surface area contributed by atoms with Gasteiger partial charge in [-0.15, -0.1) is 0 Å². The van der Waals surface area contributed by atoms with E-state index in [0.29, 0.717) is 0 Å². The molecule has 1 aromatic carbocycles. The van der Waals surface area contributed by atoms with E-state index in [9.17, 15) is 4.79 Å². The predicted octanol–water partition coefficient (Wildman–Crippen LogP) is 2.33. The number of hydrogen-bond acceptors (Lipinski definition) is 2. The van der Waals surface area contributed by atoms with E-state index in [1.54, 1.807) is 11.7 Å². The van der Waals surface area contributed by atoms with Crippen molar-refractivity contribution >= 4 is 5.97 Å². The Balaban J connectivity index is 2.50. The minimum atomic E-state index is -0.836. The summed E-state index contributed by atoms with van der Waals surface area (Å²) < 4.78 is 1.65. The van der Waals surface area contributed by atoms with Crippen molar-refractivity contribution < 1.29 is 9.90 Å². The van der Waals surface area contributed by atoms with Crippen molar-refractivity contribution in [3.05, 3.63) is 41.1 Å². The second kappa shape index (κ2) is 4.64. The van der Waals surface area contributed by atoms with Crippen LogP contribution in [0.3, 0.4) is 0 Å². The van der Waals surface area contributed by atoms with E-state index < -0.39 is 5.97 Å². The van der Waals surface area contributed by atoms with Gasteiger partial charge in [0.15, 0.2) is 0 Å². The molecule has 0 fully saturated rings. The molecule has 0 atom stereocenters. The average molecular weight is 244 g/mol. The Hall–Kier alpha value is -2.10. The normalized spacial score (nSPS) is 10.6. The number of aliphatic carboxylic acids is 1. The summed E-state index contributed by atoms with van der Waals surface area (Å²) in [6, 6.07) is 8.06. The highest BCUT2D eigenvalue weighted by Gasteiger charge is 2.15. The Labute approximate surface area is 106 Å². The van der Waals surface area contributed by atoms with Gasteiger partial charge in [0.05, 0.1) is 17.8 Å². The fourth-order valence-corrected chi connectivity index (χ4v) is 2.12. The van der Waals surface area contributed by atoms with Crippen molar-refractivity contribution in [1.29, 1.82) is 0 Å². The summed E-state index contributed by atoms with van der Waals surface area (Å²) in [5, 5.41) is 13.3. The maximum Gasteiger partial charge on any atom is 0.309 e. The van der Waals surface area contributed by atoms with Crippen LogP contribution in [0, 0.1) is 13.8 Å². The van der Waals surface area contributed by atoms with Crippen LogP contribution in [-0.4, -0.2) is 20.9 Å². The van der Waals surface area contributed by atoms with Gasteiger partial charge >= 0.3 is 5.97 Å². The molecule has 2 aromatic rings. The van der Waals surface area contributed by atoms with Crippen LogP contribution in [0.5, 0.6) is 0 Å².